The van der Waals surface area contributed by atoms with E-state index >= 15 is 0 Å². The van der Waals surface area contributed by atoms with Gasteiger partial charge in [-0.05, 0) is 13.8 Å². The van der Waals surface area contributed by atoms with Crippen LogP contribution in [0.2, 0.25) is 0 Å². The van der Waals surface area contributed by atoms with Gasteiger partial charge in [-0.25, -0.2) is 4.98 Å². The summed E-state index contributed by atoms with van der Waals surface area (Å²) in [7, 11) is 0. The standard InChI is InChI=1S/C8H9ClN2OS/c1-5-6(2)12-8(11-5)13-4-7(9)3-10/h7H,4H2,1-2H3. The zero-order valence-corrected chi connectivity index (χ0v) is 8.95. The van der Waals surface area contributed by atoms with E-state index in [0.717, 1.165) is 11.5 Å². The molecule has 3 nitrogen and oxygen atoms in total. The molecule has 0 saturated carbocycles. The quantitative estimate of drug-likeness (QED) is 0.576. The second-order valence-corrected chi connectivity index (χ2v) is 4.03. The van der Waals surface area contributed by atoms with Gasteiger partial charge in [-0.1, -0.05) is 11.8 Å². The Morgan fingerprint density at radius 3 is 2.85 bits per heavy atom. The van der Waals surface area contributed by atoms with Crippen molar-refractivity contribution in [3.05, 3.63) is 11.5 Å². The van der Waals surface area contributed by atoms with E-state index < -0.39 is 5.38 Å². The molecule has 13 heavy (non-hydrogen) atoms. The Morgan fingerprint density at radius 2 is 2.38 bits per heavy atom. The molecule has 70 valence electrons. The Kier molecular flexibility index (Phi) is 3.64. The molecule has 0 aliphatic carbocycles. The summed E-state index contributed by atoms with van der Waals surface area (Å²) >= 11 is 6.97. The third-order valence-corrected chi connectivity index (χ3v) is 2.86. The van der Waals surface area contributed by atoms with Gasteiger partial charge in [0.15, 0.2) is 0 Å². The van der Waals surface area contributed by atoms with Crippen LogP contribution in [0.25, 0.3) is 0 Å². The molecule has 1 aromatic rings. The molecule has 5 heteroatoms. The van der Waals surface area contributed by atoms with Gasteiger partial charge in [0, 0.05) is 5.75 Å². The average Bonchev–Trinajstić information content (AvgIpc) is 2.42. The molecule has 1 heterocycles. The molecule has 0 spiro atoms. The molecule has 0 fully saturated rings. The number of nitriles is 1. The summed E-state index contributed by atoms with van der Waals surface area (Å²) in [4.78, 5) is 4.14. The van der Waals surface area contributed by atoms with E-state index in [4.69, 9.17) is 21.3 Å². The number of nitrogens with zero attached hydrogens (tertiary/aromatic N) is 2. The summed E-state index contributed by atoms with van der Waals surface area (Å²) in [6.07, 6.45) is 0. The van der Waals surface area contributed by atoms with E-state index in [9.17, 15) is 0 Å². The molecule has 1 unspecified atom stereocenters. The first-order chi connectivity index (χ1) is 6.13. The molecule has 0 bridgehead atoms. The maximum absolute atomic E-state index is 8.43. The predicted molar refractivity (Wildman–Crippen MR) is 52.0 cm³/mol. The summed E-state index contributed by atoms with van der Waals surface area (Å²) in [5.74, 6) is 1.31. The summed E-state index contributed by atoms with van der Waals surface area (Å²) in [5, 5.41) is 8.52. The molecule has 0 saturated heterocycles. The van der Waals surface area contributed by atoms with Gasteiger partial charge >= 0.3 is 0 Å². The highest BCUT2D eigenvalue weighted by molar-refractivity contribution is 7.99. The van der Waals surface area contributed by atoms with Crippen LogP contribution in [0, 0.1) is 25.2 Å². The first-order valence-corrected chi connectivity index (χ1v) is 5.16. The van der Waals surface area contributed by atoms with Gasteiger partial charge in [0.05, 0.1) is 11.8 Å². The third kappa shape index (κ3) is 2.94. The van der Waals surface area contributed by atoms with E-state index in [1.165, 1.54) is 11.8 Å². The van der Waals surface area contributed by atoms with Crippen LogP contribution in [0.4, 0.5) is 0 Å². The Balaban J connectivity index is 2.51. The average molecular weight is 217 g/mol. The Bertz CT molecular complexity index is 312. The Morgan fingerprint density at radius 1 is 1.69 bits per heavy atom. The van der Waals surface area contributed by atoms with Crippen molar-refractivity contribution in [3.63, 3.8) is 0 Å². The molecule has 0 N–H and O–H groups in total. The van der Waals surface area contributed by atoms with Crippen LogP contribution in [0.3, 0.4) is 0 Å². The highest BCUT2D eigenvalue weighted by Crippen LogP contribution is 2.21. The van der Waals surface area contributed by atoms with Crippen molar-refractivity contribution in [3.8, 4) is 6.07 Å². The SMILES string of the molecule is Cc1nc(SCC(Cl)C#N)oc1C. The molecule has 0 amide bonds. The number of aryl methyl sites for hydroxylation is 2. The molecule has 0 aromatic carbocycles. The predicted octanol–water partition coefficient (Wildman–Crippen LogP) is 2.51. The van der Waals surface area contributed by atoms with Crippen LogP contribution in [0.1, 0.15) is 11.5 Å². The monoisotopic (exact) mass is 216 g/mol. The minimum absolute atomic E-state index is 0.488. The number of hydrogen-bond acceptors (Lipinski definition) is 4. The smallest absolute Gasteiger partial charge is 0.256 e. The number of aromatic nitrogens is 1. The van der Waals surface area contributed by atoms with Gasteiger partial charge in [-0.3, -0.25) is 0 Å². The molecular weight excluding hydrogens is 208 g/mol. The van der Waals surface area contributed by atoms with E-state index in [1.807, 2.05) is 19.9 Å². The first-order valence-electron chi connectivity index (χ1n) is 3.74. The van der Waals surface area contributed by atoms with Crippen molar-refractivity contribution in [2.75, 3.05) is 5.75 Å². The molecule has 0 aliphatic rings. The first kappa shape index (κ1) is 10.4. The minimum atomic E-state index is -0.488. The third-order valence-electron chi connectivity index (χ3n) is 1.50. The van der Waals surface area contributed by atoms with E-state index in [-0.39, 0.29) is 0 Å². The van der Waals surface area contributed by atoms with Gasteiger partial charge in [-0.15, -0.1) is 11.6 Å². The molecule has 1 atom stereocenters. The van der Waals surface area contributed by atoms with Crippen molar-refractivity contribution < 1.29 is 4.42 Å². The molecule has 0 aliphatic heterocycles. The van der Waals surface area contributed by atoms with Crippen LogP contribution in [-0.2, 0) is 0 Å². The van der Waals surface area contributed by atoms with E-state index in [2.05, 4.69) is 4.98 Å². The second kappa shape index (κ2) is 4.54. The maximum atomic E-state index is 8.43. The minimum Gasteiger partial charge on any atom is -0.437 e. The topological polar surface area (TPSA) is 49.8 Å². The number of alkyl halides is 1. The van der Waals surface area contributed by atoms with E-state index in [0.29, 0.717) is 11.0 Å². The van der Waals surface area contributed by atoms with Crippen LogP contribution >= 0.6 is 23.4 Å². The number of halogens is 1. The lowest BCUT2D eigenvalue weighted by atomic mass is 10.4. The summed E-state index contributed by atoms with van der Waals surface area (Å²) in [6, 6.07) is 1.93. The number of oxazole rings is 1. The fourth-order valence-corrected chi connectivity index (χ4v) is 1.62. The van der Waals surface area contributed by atoms with Gasteiger partial charge in [0.1, 0.15) is 11.1 Å². The van der Waals surface area contributed by atoms with Gasteiger partial charge in [0.2, 0.25) is 0 Å². The number of rotatable bonds is 3. The molecule has 1 aromatic heterocycles. The van der Waals surface area contributed by atoms with Crippen LogP contribution in [-0.4, -0.2) is 16.1 Å². The second-order valence-electron chi connectivity index (χ2n) is 2.53. The van der Waals surface area contributed by atoms with E-state index in [1.54, 1.807) is 0 Å². The van der Waals surface area contributed by atoms with Crippen LogP contribution in [0.15, 0.2) is 9.64 Å². The summed E-state index contributed by atoms with van der Waals surface area (Å²) in [5.41, 5.74) is 0.880. The lowest BCUT2D eigenvalue weighted by molar-refractivity contribution is 0.431. The Labute approximate surface area is 86.1 Å². The zero-order valence-electron chi connectivity index (χ0n) is 7.37. The lowest BCUT2D eigenvalue weighted by Crippen LogP contribution is -1.96. The van der Waals surface area contributed by atoms with Crippen LogP contribution in [0.5, 0.6) is 0 Å². The molecular formula is C8H9ClN2OS. The van der Waals surface area contributed by atoms with Gasteiger partial charge < -0.3 is 4.42 Å². The Hall–Kier alpha value is -0.660. The highest BCUT2D eigenvalue weighted by atomic mass is 35.5. The summed E-state index contributed by atoms with van der Waals surface area (Å²) in [6.45, 7) is 3.74. The number of thioether (sulfide) groups is 1. The molecule has 1 rings (SSSR count). The maximum Gasteiger partial charge on any atom is 0.256 e. The highest BCUT2D eigenvalue weighted by Gasteiger charge is 2.09. The normalized spacial score (nSPS) is 12.5. The van der Waals surface area contributed by atoms with Gasteiger partial charge in [0.25, 0.3) is 5.22 Å². The summed E-state index contributed by atoms with van der Waals surface area (Å²) < 4.78 is 5.29. The van der Waals surface area contributed by atoms with Crippen molar-refractivity contribution in [1.82, 2.24) is 4.98 Å². The van der Waals surface area contributed by atoms with Gasteiger partial charge in [-0.2, -0.15) is 5.26 Å². The van der Waals surface area contributed by atoms with Crippen molar-refractivity contribution >= 4 is 23.4 Å². The molecule has 0 radical (unpaired) electrons. The fraction of sp³-hybridized carbons (Fsp3) is 0.500. The fourth-order valence-electron chi connectivity index (χ4n) is 0.687. The van der Waals surface area contributed by atoms with Crippen LogP contribution < -0.4 is 0 Å². The largest absolute Gasteiger partial charge is 0.437 e. The number of hydrogen-bond donors (Lipinski definition) is 0. The van der Waals surface area contributed by atoms with Crippen molar-refractivity contribution in [2.45, 2.75) is 24.4 Å². The zero-order chi connectivity index (χ0) is 9.84. The van der Waals surface area contributed by atoms with Crippen molar-refractivity contribution in [2.24, 2.45) is 0 Å². The lowest BCUT2D eigenvalue weighted by Gasteiger charge is -1.94. The van der Waals surface area contributed by atoms with Crippen molar-refractivity contribution in [1.29, 1.82) is 5.26 Å².